The van der Waals surface area contributed by atoms with Gasteiger partial charge in [0.15, 0.2) is 11.6 Å². The molecule has 3 N–H and O–H groups in total. The van der Waals surface area contributed by atoms with Crippen LogP contribution in [0.15, 0.2) is 41.6 Å². The summed E-state index contributed by atoms with van der Waals surface area (Å²) in [7, 11) is 4.92. The normalized spacial score (nSPS) is 16.8. The van der Waals surface area contributed by atoms with Crippen LogP contribution in [-0.4, -0.2) is 82.0 Å². The number of hydrogen-bond acceptors (Lipinski definition) is 7. The van der Waals surface area contributed by atoms with Crippen molar-refractivity contribution in [1.82, 2.24) is 24.3 Å². The lowest BCUT2D eigenvalue weighted by molar-refractivity contribution is -0.0280. The van der Waals surface area contributed by atoms with E-state index < -0.39 is 47.1 Å². The molecule has 0 bridgehead atoms. The van der Waals surface area contributed by atoms with Crippen LogP contribution in [0.5, 0.6) is 0 Å². The third kappa shape index (κ3) is 4.21. The van der Waals surface area contributed by atoms with Crippen LogP contribution in [-0.2, 0) is 0 Å². The van der Waals surface area contributed by atoms with Gasteiger partial charge in [0.05, 0.1) is 40.1 Å². The van der Waals surface area contributed by atoms with Crippen LogP contribution >= 0.6 is 0 Å². The third-order valence-electron chi connectivity index (χ3n) is 7.62. The molecule has 0 saturated carbocycles. The SMILES string of the molecule is CNc1cc(F)c(F)c2c1[nH]c1ncc(-c3ccc4ncc(C(=O)O)c(=O)n4c3)c(N3CC(CN(C)C)C(F)(F)C3)c12. The number of benzene rings is 1. The molecule has 0 radical (unpaired) electrons. The van der Waals surface area contributed by atoms with Gasteiger partial charge in [-0.2, -0.15) is 0 Å². The second-order valence-electron chi connectivity index (χ2n) is 10.6. The van der Waals surface area contributed by atoms with Gasteiger partial charge >= 0.3 is 5.97 Å². The molecule has 1 atom stereocenters. The van der Waals surface area contributed by atoms with E-state index in [9.17, 15) is 19.1 Å². The lowest BCUT2D eigenvalue weighted by atomic mass is 10.0. The third-order valence-corrected chi connectivity index (χ3v) is 7.62. The molecule has 1 fully saturated rings. The first kappa shape index (κ1) is 27.4. The fraction of sp³-hybridized carbons (Fsp3) is 0.286. The number of pyridine rings is 2. The molecule has 0 aliphatic carbocycles. The van der Waals surface area contributed by atoms with Crippen LogP contribution in [0.3, 0.4) is 0 Å². The zero-order chi connectivity index (χ0) is 30.1. The number of halogens is 4. The van der Waals surface area contributed by atoms with Gasteiger partial charge in [0.25, 0.3) is 11.5 Å². The first-order valence-electron chi connectivity index (χ1n) is 12.9. The Bertz CT molecular complexity index is 1970. The van der Waals surface area contributed by atoms with E-state index >= 15 is 13.2 Å². The van der Waals surface area contributed by atoms with Gasteiger partial charge in [0.1, 0.15) is 16.9 Å². The summed E-state index contributed by atoms with van der Waals surface area (Å²) in [6.45, 7) is -0.709. The zero-order valence-electron chi connectivity index (χ0n) is 22.7. The summed E-state index contributed by atoms with van der Waals surface area (Å²) in [4.78, 5) is 39.0. The monoisotopic (exact) mass is 583 g/mol. The number of aromatic carboxylic acids is 1. The van der Waals surface area contributed by atoms with Crippen molar-refractivity contribution in [3.63, 3.8) is 0 Å². The summed E-state index contributed by atoms with van der Waals surface area (Å²) in [6, 6.07) is 4.04. The molecule has 0 amide bonds. The number of anilines is 2. The van der Waals surface area contributed by atoms with Crippen molar-refractivity contribution in [2.24, 2.45) is 5.92 Å². The Labute approximate surface area is 235 Å². The summed E-state index contributed by atoms with van der Waals surface area (Å²) >= 11 is 0. The Morgan fingerprint density at radius 3 is 2.67 bits per heavy atom. The van der Waals surface area contributed by atoms with Crippen molar-refractivity contribution in [3.8, 4) is 11.1 Å². The van der Waals surface area contributed by atoms with E-state index in [1.54, 1.807) is 25.1 Å². The molecule has 10 nitrogen and oxygen atoms in total. The zero-order valence-corrected chi connectivity index (χ0v) is 22.7. The van der Waals surface area contributed by atoms with Crippen LogP contribution < -0.4 is 15.8 Å². The number of carboxylic acids is 1. The molecule has 6 rings (SSSR count). The first-order chi connectivity index (χ1) is 19.9. The minimum atomic E-state index is -3.11. The molecule has 5 aromatic rings. The Hall–Kier alpha value is -4.72. The smallest absolute Gasteiger partial charge is 0.342 e. The average molecular weight is 584 g/mol. The van der Waals surface area contributed by atoms with E-state index in [0.717, 1.165) is 16.7 Å². The van der Waals surface area contributed by atoms with Crippen molar-refractivity contribution >= 4 is 44.9 Å². The molecule has 218 valence electrons. The number of nitrogens with one attached hydrogen (secondary N) is 2. The molecule has 0 spiro atoms. The quantitative estimate of drug-likeness (QED) is 0.257. The molecule has 4 aromatic heterocycles. The van der Waals surface area contributed by atoms with Crippen molar-refractivity contribution in [2.45, 2.75) is 5.92 Å². The van der Waals surface area contributed by atoms with Crippen LogP contribution in [0.4, 0.5) is 28.9 Å². The molecular weight excluding hydrogens is 558 g/mol. The Morgan fingerprint density at radius 2 is 1.98 bits per heavy atom. The van der Waals surface area contributed by atoms with Gasteiger partial charge in [-0.05, 0) is 26.2 Å². The predicted molar refractivity (Wildman–Crippen MR) is 150 cm³/mol. The second-order valence-corrected chi connectivity index (χ2v) is 10.6. The van der Waals surface area contributed by atoms with E-state index in [-0.39, 0.29) is 57.6 Å². The summed E-state index contributed by atoms with van der Waals surface area (Å²) in [5.74, 6) is -7.94. The highest BCUT2D eigenvalue weighted by Gasteiger charge is 2.49. The summed E-state index contributed by atoms with van der Waals surface area (Å²) in [6.07, 6.45) is 3.69. The van der Waals surface area contributed by atoms with E-state index in [2.05, 4.69) is 20.3 Å². The Morgan fingerprint density at radius 1 is 1.21 bits per heavy atom. The van der Waals surface area contributed by atoms with Gasteiger partial charge in [0.2, 0.25) is 0 Å². The molecule has 1 aliphatic heterocycles. The second kappa shape index (κ2) is 9.69. The van der Waals surface area contributed by atoms with Crippen LogP contribution in [0, 0.1) is 17.6 Å². The molecule has 5 heterocycles. The summed E-state index contributed by atoms with van der Waals surface area (Å²) in [5, 5.41) is 12.2. The van der Waals surface area contributed by atoms with Gasteiger partial charge < -0.3 is 25.2 Å². The fourth-order valence-electron chi connectivity index (χ4n) is 5.71. The number of fused-ring (bicyclic) bond motifs is 4. The van der Waals surface area contributed by atoms with Gasteiger partial charge in [-0.1, -0.05) is 0 Å². The van der Waals surface area contributed by atoms with Crippen LogP contribution in [0.1, 0.15) is 10.4 Å². The standard InChI is InChI=1S/C28H25F4N7O3/c1-33-18-6-17(29)22(30)20-21-24(38-11-14(10-37(2)3)28(31,32)12-38)15(7-35-25(21)36-23(18)20)13-4-5-19-34-8-16(27(41)42)26(40)39(19)9-13/h4-9,14,33H,10-12H2,1-3H3,(H,35,36)(H,41,42). The number of aromatic nitrogens is 4. The van der Waals surface area contributed by atoms with E-state index in [1.807, 2.05) is 0 Å². The topological polar surface area (TPSA) is 119 Å². The van der Waals surface area contributed by atoms with Crippen molar-refractivity contribution < 1.29 is 27.5 Å². The Kier molecular flexibility index (Phi) is 6.33. The maximum absolute atomic E-state index is 15.5. The van der Waals surface area contributed by atoms with Crippen LogP contribution in [0.25, 0.3) is 38.7 Å². The largest absolute Gasteiger partial charge is 0.477 e. The summed E-state index contributed by atoms with van der Waals surface area (Å²) in [5.41, 5.74) is 0.0914. The number of carbonyl (C=O) groups is 1. The average Bonchev–Trinajstić information content (AvgIpc) is 3.46. The van der Waals surface area contributed by atoms with Crippen molar-refractivity contribution in [3.05, 3.63) is 64.3 Å². The van der Waals surface area contributed by atoms with Gasteiger partial charge in [-0.3, -0.25) is 9.20 Å². The molecule has 14 heteroatoms. The number of rotatable bonds is 6. The number of alkyl halides is 2. The van der Waals surface area contributed by atoms with Crippen LogP contribution in [0.2, 0.25) is 0 Å². The molecule has 1 unspecified atom stereocenters. The highest BCUT2D eigenvalue weighted by atomic mass is 19.3. The van der Waals surface area contributed by atoms with Crippen molar-refractivity contribution in [1.29, 1.82) is 0 Å². The number of aromatic amines is 1. The maximum Gasteiger partial charge on any atom is 0.342 e. The lowest BCUT2D eigenvalue weighted by Crippen LogP contribution is -2.34. The molecule has 42 heavy (non-hydrogen) atoms. The van der Waals surface area contributed by atoms with E-state index in [4.69, 9.17) is 0 Å². The Balaban J connectivity index is 1.68. The first-order valence-corrected chi connectivity index (χ1v) is 12.9. The number of hydrogen-bond donors (Lipinski definition) is 3. The predicted octanol–water partition coefficient (Wildman–Crippen LogP) is 4.04. The number of carboxylic acid groups (broad SMARTS) is 1. The minimum absolute atomic E-state index is 0.0862. The fourth-order valence-corrected chi connectivity index (χ4v) is 5.71. The highest BCUT2D eigenvalue weighted by Crippen LogP contribution is 2.46. The lowest BCUT2D eigenvalue weighted by Gasteiger charge is -2.23. The summed E-state index contributed by atoms with van der Waals surface area (Å²) < 4.78 is 62.1. The van der Waals surface area contributed by atoms with Crippen molar-refractivity contribution in [2.75, 3.05) is 51.0 Å². The number of nitrogens with zero attached hydrogens (tertiary/aromatic N) is 5. The van der Waals surface area contributed by atoms with Gasteiger partial charge in [0, 0.05) is 55.9 Å². The van der Waals surface area contributed by atoms with E-state index in [1.165, 1.54) is 30.4 Å². The molecule has 1 aromatic carbocycles. The van der Waals surface area contributed by atoms with E-state index in [0.29, 0.717) is 5.56 Å². The van der Waals surface area contributed by atoms with Gasteiger partial charge in [-0.15, -0.1) is 0 Å². The minimum Gasteiger partial charge on any atom is -0.477 e. The molecular formula is C28H25F4N7O3. The number of H-pyrrole nitrogens is 1. The highest BCUT2D eigenvalue weighted by molar-refractivity contribution is 6.18. The molecule has 1 aliphatic rings. The van der Waals surface area contributed by atoms with Gasteiger partial charge in [-0.25, -0.2) is 32.3 Å². The molecule has 1 saturated heterocycles. The maximum atomic E-state index is 15.5.